The van der Waals surface area contributed by atoms with E-state index < -0.39 is 0 Å². The predicted molar refractivity (Wildman–Crippen MR) is 81.8 cm³/mol. The van der Waals surface area contributed by atoms with Crippen LogP contribution in [0, 0.1) is 0 Å². The maximum atomic E-state index is 5.42. The molecule has 0 aliphatic heterocycles. The van der Waals surface area contributed by atoms with Crippen LogP contribution < -0.4 is 10.1 Å². The van der Waals surface area contributed by atoms with Crippen LogP contribution >= 0.6 is 15.9 Å². The summed E-state index contributed by atoms with van der Waals surface area (Å²) in [4.78, 5) is 0. The number of nitrogens with one attached hydrogen (secondary N) is 1. The van der Waals surface area contributed by atoms with Crippen molar-refractivity contribution in [2.24, 2.45) is 7.05 Å². The molecule has 1 N–H and O–H groups in total. The molecule has 0 aliphatic carbocycles. The molecule has 2 aromatic rings. The van der Waals surface area contributed by atoms with Crippen LogP contribution in [0.25, 0.3) is 0 Å². The van der Waals surface area contributed by atoms with E-state index in [4.69, 9.17) is 4.74 Å². The lowest BCUT2D eigenvalue weighted by Gasteiger charge is -2.19. The zero-order valence-electron chi connectivity index (χ0n) is 11.9. The van der Waals surface area contributed by atoms with Crippen LogP contribution in [-0.2, 0) is 13.5 Å². The second-order valence-corrected chi connectivity index (χ2v) is 5.27. The Kier molecular flexibility index (Phi) is 5.14. The molecular weight excluding hydrogens is 320 g/mol. The Bertz CT molecular complexity index is 551. The third-order valence-electron chi connectivity index (χ3n) is 3.22. The highest BCUT2D eigenvalue weighted by molar-refractivity contribution is 9.10. The highest BCUT2D eigenvalue weighted by Gasteiger charge is 2.21. The number of halogens is 1. The third-order valence-corrected chi connectivity index (χ3v) is 3.79. The second kappa shape index (κ2) is 6.85. The van der Waals surface area contributed by atoms with Crippen LogP contribution in [0.1, 0.15) is 24.2 Å². The molecule has 0 aliphatic rings. The Morgan fingerprint density at radius 1 is 1.40 bits per heavy atom. The van der Waals surface area contributed by atoms with Gasteiger partial charge in [0.25, 0.3) is 0 Å². The van der Waals surface area contributed by atoms with Gasteiger partial charge in [-0.05, 0) is 40.5 Å². The fourth-order valence-corrected chi connectivity index (χ4v) is 2.92. The molecule has 0 amide bonds. The van der Waals surface area contributed by atoms with Gasteiger partial charge in [0.1, 0.15) is 5.75 Å². The first-order valence-electron chi connectivity index (χ1n) is 6.57. The van der Waals surface area contributed by atoms with Crippen molar-refractivity contribution in [1.82, 2.24) is 20.3 Å². The Hall–Kier alpha value is -1.40. The average Bonchev–Trinajstić information content (AvgIpc) is 2.78. The molecule has 1 aromatic carbocycles. The maximum Gasteiger partial charge on any atom is 0.153 e. The summed E-state index contributed by atoms with van der Waals surface area (Å²) in [6.45, 7) is 2.96. The standard InChI is InChI=1S/C14H19BrN4O/c1-4-16-11(13-14(15)17-18-19(13)2)9-10-7-5-6-8-12(10)20-3/h5-8,11,16H,4,9H2,1-3H3. The van der Waals surface area contributed by atoms with Crippen molar-refractivity contribution in [3.8, 4) is 5.75 Å². The Morgan fingerprint density at radius 2 is 2.15 bits per heavy atom. The number of ether oxygens (including phenoxy) is 1. The molecule has 0 saturated heterocycles. The van der Waals surface area contributed by atoms with E-state index in [0.29, 0.717) is 0 Å². The summed E-state index contributed by atoms with van der Waals surface area (Å²) >= 11 is 3.47. The van der Waals surface area contributed by atoms with Crippen LogP contribution in [0.4, 0.5) is 0 Å². The molecule has 5 nitrogen and oxygen atoms in total. The quantitative estimate of drug-likeness (QED) is 0.879. The summed E-state index contributed by atoms with van der Waals surface area (Å²) in [6, 6.07) is 8.20. The van der Waals surface area contributed by atoms with Gasteiger partial charge < -0.3 is 10.1 Å². The van der Waals surface area contributed by atoms with E-state index in [-0.39, 0.29) is 6.04 Å². The summed E-state index contributed by atoms with van der Waals surface area (Å²) in [5.41, 5.74) is 2.20. The van der Waals surface area contributed by atoms with E-state index in [1.807, 2.05) is 25.2 Å². The van der Waals surface area contributed by atoms with Gasteiger partial charge in [-0.2, -0.15) is 0 Å². The monoisotopic (exact) mass is 338 g/mol. The van der Waals surface area contributed by atoms with Gasteiger partial charge in [-0.25, -0.2) is 4.68 Å². The third kappa shape index (κ3) is 3.19. The zero-order chi connectivity index (χ0) is 14.5. The number of para-hydroxylation sites is 1. The number of hydrogen-bond acceptors (Lipinski definition) is 4. The van der Waals surface area contributed by atoms with Gasteiger partial charge in [0.15, 0.2) is 4.60 Å². The van der Waals surface area contributed by atoms with E-state index in [1.165, 1.54) is 0 Å². The number of hydrogen-bond donors (Lipinski definition) is 1. The van der Waals surface area contributed by atoms with Crippen molar-refractivity contribution >= 4 is 15.9 Å². The fourth-order valence-electron chi connectivity index (χ4n) is 2.31. The summed E-state index contributed by atoms with van der Waals surface area (Å²) in [5, 5.41) is 11.6. The van der Waals surface area contributed by atoms with E-state index in [0.717, 1.165) is 34.6 Å². The number of methoxy groups -OCH3 is 1. The van der Waals surface area contributed by atoms with Crippen molar-refractivity contribution in [2.45, 2.75) is 19.4 Å². The summed E-state index contributed by atoms with van der Waals surface area (Å²) in [7, 11) is 3.60. The summed E-state index contributed by atoms with van der Waals surface area (Å²) in [5.74, 6) is 0.904. The number of nitrogens with zero attached hydrogens (tertiary/aromatic N) is 3. The Labute approximate surface area is 127 Å². The minimum absolute atomic E-state index is 0.130. The minimum Gasteiger partial charge on any atom is -0.496 e. The van der Waals surface area contributed by atoms with E-state index in [2.05, 4.69) is 44.5 Å². The van der Waals surface area contributed by atoms with Gasteiger partial charge in [0.2, 0.25) is 0 Å². The summed E-state index contributed by atoms with van der Waals surface area (Å²) < 4.78 is 8.00. The molecule has 0 radical (unpaired) electrons. The first-order chi connectivity index (χ1) is 9.67. The SMILES string of the molecule is CCNC(Cc1ccccc1OC)c1c(Br)nnn1C. The Balaban J connectivity index is 2.30. The molecular formula is C14H19BrN4O. The van der Waals surface area contributed by atoms with Crippen LogP contribution in [0.15, 0.2) is 28.9 Å². The molecule has 0 saturated carbocycles. The number of aromatic nitrogens is 3. The first-order valence-corrected chi connectivity index (χ1v) is 7.37. The lowest BCUT2D eigenvalue weighted by Crippen LogP contribution is -2.25. The van der Waals surface area contributed by atoms with E-state index in [9.17, 15) is 0 Å². The van der Waals surface area contributed by atoms with Gasteiger partial charge >= 0.3 is 0 Å². The topological polar surface area (TPSA) is 52.0 Å². The van der Waals surface area contributed by atoms with Gasteiger partial charge in [-0.15, -0.1) is 5.10 Å². The van der Waals surface area contributed by atoms with Crippen LogP contribution in [0.5, 0.6) is 5.75 Å². The van der Waals surface area contributed by atoms with Gasteiger partial charge in [0, 0.05) is 7.05 Å². The number of aryl methyl sites for hydroxylation is 1. The Morgan fingerprint density at radius 3 is 2.75 bits per heavy atom. The predicted octanol–water partition coefficient (Wildman–Crippen LogP) is 2.48. The average molecular weight is 339 g/mol. The molecule has 108 valence electrons. The van der Waals surface area contributed by atoms with E-state index >= 15 is 0 Å². The van der Waals surface area contributed by atoms with Gasteiger partial charge in [0.05, 0.1) is 18.8 Å². The highest BCUT2D eigenvalue weighted by Crippen LogP contribution is 2.27. The van der Waals surface area contributed by atoms with Crippen molar-refractivity contribution in [3.63, 3.8) is 0 Å². The molecule has 1 atom stereocenters. The lowest BCUT2D eigenvalue weighted by molar-refractivity contribution is 0.404. The van der Waals surface area contributed by atoms with Crippen LogP contribution in [-0.4, -0.2) is 28.6 Å². The fraction of sp³-hybridized carbons (Fsp3) is 0.429. The number of rotatable bonds is 6. The van der Waals surface area contributed by atoms with Crippen LogP contribution in [0.2, 0.25) is 0 Å². The molecule has 2 rings (SSSR count). The molecule has 0 spiro atoms. The van der Waals surface area contributed by atoms with E-state index in [1.54, 1.807) is 11.8 Å². The molecule has 6 heteroatoms. The van der Waals surface area contributed by atoms with Crippen molar-refractivity contribution in [1.29, 1.82) is 0 Å². The van der Waals surface area contributed by atoms with Gasteiger partial charge in [-0.1, -0.05) is 30.3 Å². The molecule has 1 unspecified atom stereocenters. The second-order valence-electron chi connectivity index (χ2n) is 4.52. The van der Waals surface area contributed by atoms with Crippen molar-refractivity contribution in [2.75, 3.05) is 13.7 Å². The largest absolute Gasteiger partial charge is 0.496 e. The maximum absolute atomic E-state index is 5.42. The molecule has 0 fully saturated rings. The van der Waals surface area contributed by atoms with Gasteiger partial charge in [-0.3, -0.25) is 0 Å². The summed E-state index contributed by atoms with van der Waals surface area (Å²) in [6.07, 6.45) is 0.817. The first kappa shape index (κ1) is 15.0. The smallest absolute Gasteiger partial charge is 0.153 e. The normalized spacial score (nSPS) is 12.4. The highest BCUT2D eigenvalue weighted by atomic mass is 79.9. The molecule has 1 heterocycles. The zero-order valence-corrected chi connectivity index (χ0v) is 13.5. The molecule has 20 heavy (non-hydrogen) atoms. The van der Waals surface area contributed by atoms with Crippen LogP contribution in [0.3, 0.4) is 0 Å². The lowest BCUT2D eigenvalue weighted by atomic mass is 10.0. The number of benzene rings is 1. The van der Waals surface area contributed by atoms with Crippen molar-refractivity contribution < 1.29 is 4.74 Å². The number of likely N-dealkylation sites (N-methyl/N-ethyl adjacent to an activating group) is 1. The minimum atomic E-state index is 0.130. The molecule has 0 bridgehead atoms. The molecule has 1 aromatic heterocycles. The van der Waals surface area contributed by atoms with Crippen molar-refractivity contribution in [3.05, 3.63) is 40.1 Å².